The molecule has 5 nitrogen and oxygen atoms in total. The van der Waals surface area contributed by atoms with Crippen LogP contribution in [0.3, 0.4) is 0 Å². The molecule has 4 aromatic heterocycles. The fraction of sp³-hybridized carbons (Fsp3) is 0. The zero-order valence-electron chi connectivity index (χ0n) is 32.6. The van der Waals surface area contributed by atoms with Crippen LogP contribution in [0.25, 0.3) is 101 Å². The standard InChI is InChI=1S/C55H37N5/c1-4-12-38(13-5-1)40-23-27-45(28-24-40)51-37-50(44-16-8-3-9-17-44)59-55(60-51)46-29-25-42(26-30-46)41-19-21-43(22-20-41)47-31-33-57-52(34-47)54-36-48(39-14-6-2-7-15-39)35-53(58-54)49-18-10-11-32-56-49/h1-37H. The van der Waals surface area contributed by atoms with Crippen LogP contribution >= 0.6 is 0 Å². The van der Waals surface area contributed by atoms with Crippen LogP contribution in [-0.2, 0) is 0 Å². The molecule has 4 heterocycles. The van der Waals surface area contributed by atoms with Gasteiger partial charge >= 0.3 is 0 Å². The highest BCUT2D eigenvalue weighted by atomic mass is 14.9. The van der Waals surface area contributed by atoms with Crippen LogP contribution in [0.4, 0.5) is 0 Å². The van der Waals surface area contributed by atoms with Gasteiger partial charge in [0.15, 0.2) is 5.82 Å². The van der Waals surface area contributed by atoms with Crippen molar-refractivity contribution < 1.29 is 0 Å². The monoisotopic (exact) mass is 767 g/mol. The number of benzene rings is 6. The van der Waals surface area contributed by atoms with E-state index >= 15 is 0 Å². The SMILES string of the molecule is c1ccc(-c2ccc(-c3cc(-c4ccccc4)nc(-c4ccc(-c5ccc(-c6ccnc(-c7cc(-c8ccccc8)cc(-c8ccccn8)n7)c6)cc5)cc4)n3)cc2)cc1. The van der Waals surface area contributed by atoms with Gasteiger partial charge in [0.2, 0.25) is 0 Å². The van der Waals surface area contributed by atoms with Crippen molar-refractivity contribution in [2.45, 2.75) is 0 Å². The maximum atomic E-state index is 5.09. The second-order valence-electron chi connectivity index (χ2n) is 14.6. The summed E-state index contributed by atoms with van der Waals surface area (Å²) in [6.45, 7) is 0. The molecule has 0 saturated heterocycles. The first-order chi connectivity index (χ1) is 29.7. The van der Waals surface area contributed by atoms with Gasteiger partial charge in [0.1, 0.15) is 0 Å². The molecule has 282 valence electrons. The third-order valence-corrected chi connectivity index (χ3v) is 10.7. The minimum absolute atomic E-state index is 0.685. The van der Waals surface area contributed by atoms with Gasteiger partial charge < -0.3 is 0 Å². The largest absolute Gasteiger partial charge is 0.255 e. The minimum atomic E-state index is 0.685. The highest BCUT2D eigenvalue weighted by molar-refractivity contribution is 5.79. The van der Waals surface area contributed by atoms with Crippen LogP contribution in [0.1, 0.15) is 0 Å². The number of pyridine rings is 3. The molecule has 6 aromatic carbocycles. The van der Waals surface area contributed by atoms with Gasteiger partial charge in [0.25, 0.3) is 0 Å². The smallest absolute Gasteiger partial charge is 0.160 e. The van der Waals surface area contributed by atoms with E-state index in [4.69, 9.17) is 19.9 Å². The molecule has 60 heavy (non-hydrogen) atoms. The summed E-state index contributed by atoms with van der Waals surface area (Å²) in [5.74, 6) is 0.685. The van der Waals surface area contributed by atoms with Crippen molar-refractivity contribution in [3.63, 3.8) is 0 Å². The summed E-state index contributed by atoms with van der Waals surface area (Å²) in [5.41, 5.74) is 17.0. The lowest BCUT2D eigenvalue weighted by Crippen LogP contribution is -1.96. The molecule has 10 rings (SSSR count). The molecule has 5 heteroatoms. The van der Waals surface area contributed by atoms with E-state index in [1.54, 1.807) is 6.20 Å². The summed E-state index contributed by atoms with van der Waals surface area (Å²) >= 11 is 0. The molecule has 0 aliphatic rings. The van der Waals surface area contributed by atoms with E-state index in [1.165, 1.54) is 11.1 Å². The lowest BCUT2D eigenvalue weighted by molar-refractivity contribution is 1.18. The van der Waals surface area contributed by atoms with E-state index < -0.39 is 0 Å². The Bertz CT molecular complexity index is 2970. The molecule has 0 saturated carbocycles. The van der Waals surface area contributed by atoms with Gasteiger partial charge in [0, 0.05) is 29.1 Å². The third-order valence-electron chi connectivity index (χ3n) is 10.7. The zero-order chi connectivity index (χ0) is 40.1. The number of rotatable bonds is 9. The maximum absolute atomic E-state index is 5.09. The number of aromatic nitrogens is 5. The first kappa shape index (κ1) is 36.2. The Labute approximate surface area is 349 Å². The Balaban J connectivity index is 0.927. The molecule has 0 unspecified atom stereocenters. The molecular formula is C55H37N5. The first-order valence-electron chi connectivity index (χ1n) is 20.0. The summed E-state index contributed by atoms with van der Waals surface area (Å²) in [7, 11) is 0. The average Bonchev–Trinajstić information content (AvgIpc) is 3.35. The van der Waals surface area contributed by atoms with Gasteiger partial charge in [-0.3, -0.25) is 9.97 Å². The van der Waals surface area contributed by atoms with E-state index in [1.807, 2.05) is 60.8 Å². The number of nitrogens with zero attached hydrogens (tertiary/aromatic N) is 5. The summed E-state index contributed by atoms with van der Waals surface area (Å²) in [6.07, 6.45) is 3.65. The Hall–Kier alpha value is -8.15. The Morgan fingerprint density at radius 3 is 1.15 bits per heavy atom. The highest BCUT2D eigenvalue weighted by Crippen LogP contribution is 2.33. The van der Waals surface area contributed by atoms with E-state index in [0.717, 1.165) is 84.2 Å². The Morgan fingerprint density at radius 2 is 0.600 bits per heavy atom. The number of hydrogen-bond acceptors (Lipinski definition) is 5. The van der Waals surface area contributed by atoms with E-state index in [2.05, 4.69) is 163 Å². The molecule has 0 aliphatic carbocycles. The molecule has 0 bridgehead atoms. The van der Waals surface area contributed by atoms with Crippen LogP contribution in [0.5, 0.6) is 0 Å². The van der Waals surface area contributed by atoms with Gasteiger partial charge in [0.05, 0.1) is 34.2 Å². The minimum Gasteiger partial charge on any atom is -0.255 e. The third kappa shape index (κ3) is 7.76. The van der Waals surface area contributed by atoms with Gasteiger partial charge in [-0.05, 0) is 87.0 Å². The second-order valence-corrected chi connectivity index (χ2v) is 14.6. The van der Waals surface area contributed by atoms with Crippen molar-refractivity contribution in [2.75, 3.05) is 0 Å². The summed E-state index contributed by atoms with van der Waals surface area (Å²) in [5, 5.41) is 0. The lowest BCUT2D eigenvalue weighted by atomic mass is 9.98. The van der Waals surface area contributed by atoms with Gasteiger partial charge in [-0.1, -0.05) is 170 Å². The molecule has 0 atom stereocenters. The van der Waals surface area contributed by atoms with E-state index in [9.17, 15) is 0 Å². The summed E-state index contributed by atoms with van der Waals surface area (Å²) in [4.78, 5) is 24.5. The second kappa shape index (κ2) is 16.4. The fourth-order valence-electron chi connectivity index (χ4n) is 7.47. The van der Waals surface area contributed by atoms with Crippen LogP contribution in [0.15, 0.2) is 225 Å². The molecule has 0 aliphatic heterocycles. The van der Waals surface area contributed by atoms with Crippen molar-refractivity contribution in [2.24, 2.45) is 0 Å². The highest BCUT2D eigenvalue weighted by Gasteiger charge is 2.14. The Morgan fingerprint density at radius 1 is 0.200 bits per heavy atom. The summed E-state index contributed by atoms with van der Waals surface area (Å²) in [6, 6.07) is 73.2. The van der Waals surface area contributed by atoms with E-state index in [0.29, 0.717) is 5.82 Å². The average molecular weight is 768 g/mol. The van der Waals surface area contributed by atoms with Gasteiger partial charge in [-0.15, -0.1) is 0 Å². The van der Waals surface area contributed by atoms with Crippen molar-refractivity contribution in [1.82, 2.24) is 24.9 Å². The molecule has 0 amide bonds. The van der Waals surface area contributed by atoms with Crippen molar-refractivity contribution in [3.8, 4) is 101 Å². The predicted molar refractivity (Wildman–Crippen MR) is 244 cm³/mol. The zero-order valence-corrected chi connectivity index (χ0v) is 32.6. The molecule has 0 radical (unpaired) electrons. The molecule has 0 spiro atoms. The quantitative estimate of drug-likeness (QED) is 0.146. The van der Waals surface area contributed by atoms with Gasteiger partial charge in [-0.25, -0.2) is 15.0 Å². The van der Waals surface area contributed by atoms with E-state index in [-0.39, 0.29) is 0 Å². The molecular weight excluding hydrogens is 731 g/mol. The normalized spacial score (nSPS) is 11.0. The predicted octanol–water partition coefficient (Wildman–Crippen LogP) is 13.7. The van der Waals surface area contributed by atoms with Crippen molar-refractivity contribution >= 4 is 0 Å². The van der Waals surface area contributed by atoms with Crippen molar-refractivity contribution in [3.05, 3.63) is 225 Å². The van der Waals surface area contributed by atoms with Crippen LogP contribution in [-0.4, -0.2) is 24.9 Å². The fourth-order valence-corrected chi connectivity index (χ4v) is 7.47. The summed E-state index contributed by atoms with van der Waals surface area (Å²) < 4.78 is 0. The Kier molecular flexibility index (Phi) is 9.88. The van der Waals surface area contributed by atoms with Crippen LogP contribution in [0, 0.1) is 0 Å². The molecule has 0 fully saturated rings. The number of hydrogen-bond donors (Lipinski definition) is 0. The van der Waals surface area contributed by atoms with Crippen LogP contribution < -0.4 is 0 Å². The first-order valence-corrected chi connectivity index (χ1v) is 20.0. The molecule has 10 aromatic rings. The van der Waals surface area contributed by atoms with Crippen molar-refractivity contribution in [1.29, 1.82) is 0 Å². The lowest BCUT2D eigenvalue weighted by Gasteiger charge is -2.11. The van der Waals surface area contributed by atoms with Gasteiger partial charge in [-0.2, -0.15) is 0 Å². The van der Waals surface area contributed by atoms with Crippen LogP contribution in [0.2, 0.25) is 0 Å². The topological polar surface area (TPSA) is 64.5 Å². The molecule has 0 N–H and O–H groups in total. The maximum Gasteiger partial charge on any atom is 0.160 e.